The lowest BCUT2D eigenvalue weighted by atomic mass is 10.1. The van der Waals surface area contributed by atoms with E-state index in [9.17, 15) is 22.8 Å². The average molecular weight is 368 g/mol. The van der Waals surface area contributed by atoms with Crippen molar-refractivity contribution in [3.8, 4) is 0 Å². The minimum atomic E-state index is -3.82. The van der Waals surface area contributed by atoms with Crippen molar-refractivity contribution in [3.05, 3.63) is 35.4 Å². The zero-order chi connectivity index (χ0) is 18.6. The first-order valence-corrected chi connectivity index (χ1v) is 9.60. The molecule has 1 heterocycles. The molecule has 0 bridgehead atoms. The quantitative estimate of drug-likeness (QED) is 0.623. The van der Waals surface area contributed by atoms with Crippen LogP contribution in [0.2, 0.25) is 0 Å². The molecule has 1 aromatic rings. The molecule has 1 aliphatic rings. The number of carboxylic acid groups (broad SMARTS) is 1. The van der Waals surface area contributed by atoms with Crippen LogP contribution in [0.15, 0.2) is 24.3 Å². The Morgan fingerprint density at radius 1 is 1.20 bits per heavy atom. The fraction of sp³-hybridized carbons (Fsp3) is 0.438. The number of imide groups is 1. The van der Waals surface area contributed by atoms with Gasteiger partial charge in [0.2, 0.25) is 10.0 Å². The van der Waals surface area contributed by atoms with Gasteiger partial charge >= 0.3 is 5.97 Å². The van der Waals surface area contributed by atoms with Crippen LogP contribution in [0.25, 0.3) is 0 Å². The largest absolute Gasteiger partial charge is 0.480 e. The molecular weight excluding hydrogens is 348 g/mol. The van der Waals surface area contributed by atoms with Gasteiger partial charge in [0.25, 0.3) is 11.8 Å². The predicted octanol–water partition coefficient (Wildman–Crippen LogP) is 0.845. The van der Waals surface area contributed by atoms with Crippen molar-refractivity contribution < 1.29 is 27.9 Å². The molecule has 1 aromatic carbocycles. The first kappa shape index (κ1) is 19.1. The smallest absolute Gasteiger partial charge is 0.321 e. The van der Waals surface area contributed by atoms with E-state index in [-0.39, 0.29) is 25.1 Å². The third-order valence-corrected chi connectivity index (χ3v) is 5.34. The SMILES string of the molecule is CCCC(NS(=O)(=O)CCCN1C(=O)c2ccccc2C1=O)C(=O)O. The van der Waals surface area contributed by atoms with E-state index in [1.54, 1.807) is 31.2 Å². The maximum absolute atomic E-state index is 12.2. The number of nitrogens with zero attached hydrogens (tertiary/aromatic N) is 1. The molecule has 0 saturated heterocycles. The molecule has 0 radical (unpaired) electrons. The molecule has 0 spiro atoms. The third kappa shape index (κ3) is 4.43. The van der Waals surface area contributed by atoms with Gasteiger partial charge in [0.05, 0.1) is 16.9 Å². The second kappa shape index (κ2) is 7.75. The molecule has 1 atom stereocenters. The number of carboxylic acids is 1. The lowest BCUT2D eigenvalue weighted by Crippen LogP contribution is -2.42. The summed E-state index contributed by atoms with van der Waals surface area (Å²) in [5.41, 5.74) is 0.615. The number of rotatable bonds is 9. The van der Waals surface area contributed by atoms with Gasteiger partial charge < -0.3 is 5.11 Å². The molecule has 136 valence electrons. The summed E-state index contributed by atoms with van der Waals surface area (Å²) in [7, 11) is -3.82. The lowest BCUT2D eigenvalue weighted by Gasteiger charge is -2.16. The van der Waals surface area contributed by atoms with Gasteiger partial charge in [0, 0.05) is 6.54 Å². The van der Waals surface area contributed by atoms with Gasteiger partial charge in [-0.15, -0.1) is 0 Å². The number of carbonyl (C=O) groups is 3. The normalized spacial score (nSPS) is 15.3. The fourth-order valence-electron chi connectivity index (χ4n) is 2.65. The third-order valence-electron chi connectivity index (χ3n) is 3.87. The Balaban J connectivity index is 1.93. The fourth-order valence-corrected chi connectivity index (χ4v) is 3.93. The minimum absolute atomic E-state index is 0.0270. The van der Waals surface area contributed by atoms with Crippen LogP contribution in [0.4, 0.5) is 0 Å². The van der Waals surface area contributed by atoms with Crippen LogP contribution < -0.4 is 4.72 Å². The Bertz CT molecular complexity index is 755. The zero-order valence-corrected chi connectivity index (χ0v) is 14.6. The van der Waals surface area contributed by atoms with Crippen LogP contribution in [0.1, 0.15) is 46.9 Å². The number of benzene rings is 1. The van der Waals surface area contributed by atoms with Gasteiger partial charge in [0.15, 0.2) is 0 Å². The molecule has 9 heteroatoms. The molecule has 0 aliphatic carbocycles. The minimum Gasteiger partial charge on any atom is -0.480 e. The van der Waals surface area contributed by atoms with Crippen LogP contribution in [0, 0.1) is 0 Å². The summed E-state index contributed by atoms with van der Waals surface area (Å²) in [6.07, 6.45) is 0.737. The summed E-state index contributed by atoms with van der Waals surface area (Å²) in [5.74, 6) is -2.49. The highest BCUT2D eigenvalue weighted by Gasteiger charge is 2.34. The Morgan fingerprint density at radius 2 is 1.76 bits per heavy atom. The first-order chi connectivity index (χ1) is 11.8. The van der Waals surface area contributed by atoms with Gasteiger partial charge in [0.1, 0.15) is 6.04 Å². The number of amides is 2. The van der Waals surface area contributed by atoms with Crippen LogP contribution >= 0.6 is 0 Å². The van der Waals surface area contributed by atoms with Crippen molar-refractivity contribution in [3.63, 3.8) is 0 Å². The van der Waals surface area contributed by atoms with E-state index in [1.807, 2.05) is 0 Å². The monoisotopic (exact) mass is 368 g/mol. The lowest BCUT2D eigenvalue weighted by molar-refractivity contribution is -0.139. The summed E-state index contributed by atoms with van der Waals surface area (Å²) >= 11 is 0. The van der Waals surface area contributed by atoms with Crippen molar-refractivity contribution in [2.45, 2.75) is 32.2 Å². The molecular formula is C16H20N2O6S. The summed E-state index contributed by atoms with van der Waals surface area (Å²) in [5, 5.41) is 9.01. The van der Waals surface area contributed by atoms with Gasteiger partial charge in [-0.2, -0.15) is 0 Å². The van der Waals surface area contributed by atoms with Crippen molar-refractivity contribution in [1.29, 1.82) is 0 Å². The topological polar surface area (TPSA) is 121 Å². The molecule has 1 aliphatic heterocycles. The van der Waals surface area contributed by atoms with Crippen molar-refractivity contribution in [2.75, 3.05) is 12.3 Å². The molecule has 0 aromatic heterocycles. The Kier molecular flexibility index (Phi) is 5.91. The van der Waals surface area contributed by atoms with E-state index in [2.05, 4.69) is 4.72 Å². The van der Waals surface area contributed by atoms with Crippen LogP contribution in [-0.4, -0.2) is 54.5 Å². The van der Waals surface area contributed by atoms with E-state index in [0.29, 0.717) is 17.5 Å². The van der Waals surface area contributed by atoms with Crippen LogP contribution in [0.5, 0.6) is 0 Å². The van der Waals surface area contributed by atoms with Crippen molar-refractivity contribution in [1.82, 2.24) is 9.62 Å². The number of hydrogen-bond acceptors (Lipinski definition) is 5. The Hall–Kier alpha value is -2.26. The molecule has 8 nitrogen and oxygen atoms in total. The number of sulfonamides is 1. The molecule has 0 fully saturated rings. The van der Waals surface area contributed by atoms with Crippen molar-refractivity contribution >= 4 is 27.8 Å². The van der Waals surface area contributed by atoms with E-state index in [4.69, 9.17) is 5.11 Å². The standard InChI is InChI=1S/C16H20N2O6S/c1-2-6-13(16(21)22)17-25(23,24)10-5-9-18-14(19)11-7-3-4-8-12(11)15(18)20/h3-4,7-8,13,17H,2,5-6,9-10H2,1H3,(H,21,22). The zero-order valence-electron chi connectivity index (χ0n) is 13.8. The number of hydrogen-bond donors (Lipinski definition) is 2. The van der Waals surface area contributed by atoms with E-state index in [1.165, 1.54) is 0 Å². The molecule has 2 N–H and O–H groups in total. The molecule has 2 rings (SSSR count). The highest BCUT2D eigenvalue weighted by atomic mass is 32.2. The predicted molar refractivity (Wildman–Crippen MR) is 89.7 cm³/mol. The van der Waals surface area contributed by atoms with Gasteiger partial charge in [-0.3, -0.25) is 19.3 Å². The number of fused-ring (bicyclic) bond motifs is 1. The van der Waals surface area contributed by atoms with Gasteiger partial charge in [-0.1, -0.05) is 25.5 Å². The van der Waals surface area contributed by atoms with E-state index >= 15 is 0 Å². The number of nitrogens with one attached hydrogen (secondary N) is 1. The first-order valence-electron chi connectivity index (χ1n) is 7.95. The Labute approximate surface area is 145 Å². The van der Waals surface area contributed by atoms with E-state index < -0.39 is 33.8 Å². The number of carbonyl (C=O) groups excluding carboxylic acids is 2. The average Bonchev–Trinajstić information content (AvgIpc) is 2.79. The maximum atomic E-state index is 12.2. The Morgan fingerprint density at radius 3 is 2.24 bits per heavy atom. The number of aliphatic carboxylic acids is 1. The second-order valence-electron chi connectivity index (χ2n) is 5.78. The highest BCUT2D eigenvalue weighted by molar-refractivity contribution is 7.89. The highest BCUT2D eigenvalue weighted by Crippen LogP contribution is 2.22. The molecule has 25 heavy (non-hydrogen) atoms. The molecule has 0 saturated carbocycles. The maximum Gasteiger partial charge on any atom is 0.321 e. The second-order valence-corrected chi connectivity index (χ2v) is 7.65. The van der Waals surface area contributed by atoms with Crippen molar-refractivity contribution in [2.24, 2.45) is 0 Å². The molecule has 1 unspecified atom stereocenters. The van der Waals surface area contributed by atoms with Gasteiger partial charge in [-0.25, -0.2) is 13.1 Å². The summed E-state index contributed by atoms with van der Waals surface area (Å²) < 4.78 is 26.2. The summed E-state index contributed by atoms with van der Waals surface area (Å²) in [6.45, 7) is 1.71. The van der Waals surface area contributed by atoms with E-state index in [0.717, 1.165) is 4.90 Å². The molecule has 2 amide bonds. The van der Waals surface area contributed by atoms with Crippen LogP contribution in [-0.2, 0) is 14.8 Å². The summed E-state index contributed by atoms with van der Waals surface area (Å²) in [4.78, 5) is 36.4. The summed E-state index contributed by atoms with van der Waals surface area (Å²) in [6, 6.07) is 5.24. The van der Waals surface area contributed by atoms with Gasteiger partial charge in [-0.05, 0) is 25.0 Å². The van der Waals surface area contributed by atoms with Crippen LogP contribution in [0.3, 0.4) is 0 Å².